The van der Waals surface area contributed by atoms with Crippen molar-refractivity contribution >= 4 is 39.1 Å². The molecule has 0 amide bonds. The lowest BCUT2D eigenvalue weighted by molar-refractivity contribution is 0.248. The number of aromatic nitrogens is 2. The summed E-state index contributed by atoms with van der Waals surface area (Å²) in [5.41, 5.74) is 2.53. The maximum absolute atomic E-state index is 13.0. The SMILES string of the molecule is Cn1c(N2CCN(Cc3ccccc3Cl)CC2)nc2sc3c(c2c1=O)CCC3. The molecule has 0 bridgehead atoms. The molecule has 1 aromatic carbocycles. The fourth-order valence-corrected chi connectivity index (χ4v) is 5.81. The number of rotatable bonds is 3. The van der Waals surface area contributed by atoms with Gasteiger partial charge in [0.05, 0.1) is 5.39 Å². The van der Waals surface area contributed by atoms with E-state index in [2.05, 4.69) is 15.9 Å². The van der Waals surface area contributed by atoms with Gasteiger partial charge in [-0.3, -0.25) is 14.3 Å². The highest BCUT2D eigenvalue weighted by Crippen LogP contribution is 2.35. The third-order valence-electron chi connectivity index (χ3n) is 5.93. The molecule has 1 aliphatic heterocycles. The number of nitrogens with zero attached hydrogens (tertiary/aromatic N) is 4. The number of fused-ring (bicyclic) bond motifs is 3. The number of piperazine rings is 1. The summed E-state index contributed by atoms with van der Waals surface area (Å²) in [6.45, 7) is 4.44. The summed E-state index contributed by atoms with van der Waals surface area (Å²) in [7, 11) is 1.86. The zero-order valence-corrected chi connectivity index (χ0v) is 17.5. The third kappa shape index (κ3) is 3.04. The Balaban J connectivity index is 1.37. The van der Waals surface area contributed by atoms with Crippen LogP contribution >= 0.6 is 22.9 Å². The van der Waals surface area contributed by atoms with Crippen LogP contribution < -0.4 is 10.5 Å². The first-order valence-corrected chi connectivity index (χ1v) is 11.0. The maximum atomic E-state index is 13.0. The van der Waals surface area contributed by atoms with Gasteiger partial charge in [0.15, 0.2) is 0 Å². The molecule has 28 heavy (non-hydrogen) atoms. The van der Waals surface area contributed by atoms with Crippen molar-refractivity contribution in [2.24, 2.45) is 7.05 Å². The van der Waals surface area contributed by atoms with E-state index in [4.69, 9.17) is 16.6 Å². The molecule has 0 atom stereocenters. The molecule has 5 rings (SSSR count). The van der Waals surface area contributed by atoms with Crippen molar-refractivity contribution in [3.05, 3.63) is 55.6 Å². The minimum atomic E-state index is 0.109. The number of hydrogen-bond acceptors (Lipinski definition) is 5. The summed E-state index contributed by atoms with van der Waals surface area (Å²) in [5, 5.41) is 1.69. The monoisotopic (exact) mass is 414 g/mol. The van der Waals surface area contributed by atoms with Crippen LogP contribution in [0, 0.1) is 0 Å². The Morgan fingerprint density at radius 1 is 1.14 bits per heavy atom. The number of aryl methyl sites for hydroxylation is 2. The first kappa shape index (κ1) is 18.2. The van der Waals surface area contributed by atoms with E-state index >= 15 is 0 Å². The van der Waals surface area contributed by atoms with E-state index in [1.54, 1.807) is 15.9 Å². The smallest absolute Gasteiger partial charge is 0.263 e. The van der Waals surface area contributed by atoms with Gasteiger partial charge in [0.2, 0.25) is 5.95 Å². The quantitative estimate of drug-likeness (QED) is 0.658. The van der Waals surface area contributed by atoms with Gasteiger partial charge in [0.1, 0.15) is 4.83 Å². The van der Waals surface area contributed by atoms with Crippen molar-refractivity contribution in [1.82, 2.24) is 14.5 Å². The van der Waals surface area contributed by atoms with Crippen LogP contribution in [0.3, 0.4) is 0 Å². The van der Waals surface area contributed by atoms with Gasteiger partial charge in [0, 0.05) is 49.7 Å². The third-order valence-corrected chi connectivity index (χ3v) is 7.48. The van der Waals surface area contributed by atoms with E-state index in [9.17, 15) is 4.79 Å². The van der Waals surface area contributed by atoms with Crippen LogP contribution in [0.1, 0.15) is 22.4 Å². The Hall–Kier alpha value is -1.89. The second kappa shape index (κ2) is 7.17. The van der Waals surface area contributed by atoms with Crippen LogP contribution in [0.5, 0.6) is 0 Å². The molecule has 1 saturated heterocycles. The Morgan fingerprint density at radius 2 is 1.93 bits per heavy atom. The summed E-state index contributed by atoms with van der Waals surface area (Å²) in [5.74, 6) is 0.801. The van der Waals surface area contributed by atoms with Crippen LogP contribution in [0.15, 0.2) is 29.1 Å². The van der Waals surface area contributed by atoms with E-state index in [0.29, 0.717) is 0 Å². The highest BCUT2D eigenvalue weighted by Gasteiger charge is 2.25. The number of anilines is 1. The average Bonchev–Trinajstić information content (AvgIpc) is 3.28. The van der Waals surface area contributed by atoms with Gasteiger partial charge in [-0.15, -0.1) is 11.3 Å². The Morgan fingerprint density at radius 3 is 2.71 bits per heavy atom. The molecule has 2 aliphatic rings. The lowest BCUT2D eigenvalue weighted by Crippen LogP contribution is -2.47. The largest absolute Gasteiger partial charge is 0.340 e. The molecular formula is C21H23ClN4OS. The van der Waals surface area contributed by atoms with Gasteiger partial charge in [-0.05, 0) is 36.5 Å². The van der Waals surface area contributed by atoms with E-state index in [0.717, 1.165) is 78.7 Å². The zero-order valence-electron chi connectivity index (χ0n) is 15.9. The zero-order chi connectivity index (χ0) is 19.3. The van der Waals surface area contributed by atoms with E-state index in [1.807, 2.05) is 25.2 Å². The number of benzene rings is 1. The molecule has 0 N–H and O–H groups in total. The highest BCUT2D eigenvalue weighted by atomic mass is 35.5. The van der Waals surface area contributed by atoms with E-state index < -0.39 is 0 Å². The number of halogens is 1. The molecular weight excluding hydrogens is 392 g/mol. The highest BCUT2D eigenvalue weighted by molar-refractivity contribution is 7.18. The van der Waals surface area contributed by atoms with Crippen LogP contribution in [0.25, 0.3) is 10.2 Å². The first-order valence-electron chi connectivity index (χ1n) is 9.84. The summed E-state index contributed by atoms with van der Waals surface area (Å²) >= 11 is 8.02. The van der Waals surface area contributed by atoms with Crippen molar-refractivity contribution in [2.75, 3.05) is 31.1 Å². The topological polar surface area (TPSA) is 41.4 Å². The van der Waals surface area contributed by atoms with Crippen LogP contribution in [0.2, 0.25) is 5.02 Å². The molecule has 3 heterocycles. The molecule has 3 aromatic rings. The van der Waals surface area contributed by atoms with Crippen molar-refractivity contribution in [3.63, 3.8) is 0 Å². The van der Waals surface area contributed by atoms with Gasteiger partial charge >= 0.3 is 0 Å². The first-order chi connectivity index (χ1) is 13.6. The second-order valence-electron chi connectivity index (χ2n) is 7.67. The van der Waals surface area contributed by atoms with Crippen molar-refractivity contribution in [3.8, 4) is 0 Å². The molecule has 5 nitrogen and oxygen atoms in total. The maximum Gasteiger partial charge on any atom is 0.263 e. The van der Waals surface area contributed by atoms with Crippen LogP contribution in [-0.2, 0) is 26.4 Å². The van der Waals surface area contributed by atoms with Crippen LogP contribution in [-0.4, -0.2) is 40.6 Å². The lowest BCUT2D eigenvalue weighted by Gasteiger charge is -2.35. The molecule has 1 aliphatic carbocycles. The summed E-state index contributed by atoms with van der Waals surface area (Å²) < 4.78 is 1.75. The predicted octanol–water partition coefficient (Wildman–Crippen LogP) is 3.46. The van der Waals surface area contributed by atoms with Gasteiger partial charge in [-0.1, -0.05) is 29.8 Å². The number of hydrogen-bond donors (Lipinski definition) is 0. The summed E-state index contributed by atoms with van der Waals surface area (Å²) in [4.78, 5) is 24.9. The van der Waals surface area contributed by atoms with E-state index in [-0.39, 0.29) is 5.56 Å². The van der Waals surface area contributed by atoms with Gasteiger partial charge in [-0.2, -0.15) is 0 Å². The second-order valence-corrected chi connectivity index (χ2v) is 9.16. The fourth-order valence-electron chi connectivity index (χ4n) is 4.37. The minimum Gasteiger partial charge on any atom is -0.340 e. The van der Waals surface area contributed by atoms with Crippen molar-refractivity contribution in [2.45, 2.75) is 25.8 Å². The van der Waals surface area contributed by atoms with Gasteiger partial charge in [-0.25, -0.2) is 4.98 Å². The average molecular weight is 415 g/mol. The van der Waals surface area contributed by atoms with Gasteiger partial charge in [0.25, 0.3) is 5.56 Å². The molecule has 0 spiro atoms. The molecule has 0 unspecified atom stereocenters. The molecule has 0 saturated carbocycles. The molecule has 2 aromatic heterocycles. The standard InChI is InChI=1S/C21H23ClN4OS/c1-24-20(27)18-15-6-4-8-17(15)28-19(18)23-21(24)26-11-9-25(10-12-26)13-14-5-2-3-7-16(14)22/h2-3,5,7H,4,6,8-13H2,1H3. The molecule has 0 radical (unpaired) electrons. The molecule has 7 heteroatoms. The normalized spacial score (nSPS) is 17.4. The Bertz CT molecular complexity index is 1100. The lowest BCUT2D eigenvalue weighted by atomic mass is 10.2. The minimum absolute atomic E-state index is 0.109. The summed E-state index contributed by atoms with van der Waals surface area (Å²) in [6, 6.07) is 8.03. The van der Waals surface area contributed by atoms with E-state index in [1.165, 1.54) is 10.4 Å². The van der Waals surface area contributed by atoms with Crippen molar-refractivity contribution in [1.29, 1.82) is 0 Å². The summed E-state index contributed by atoms with van der Waals surface area (Å²) in [6.07, 6.45) is 3.28. The Labute approximate surface area is 173 Å². The van der Waals surface area contributed by atoms with Crippen molar-refractivity contribution < 1.29 is 0 Å². The molecule has 146 valence electrons. The number of thiophene rings is 1. The predicted molar refractivity (Wildman–Crippen MR) is 116 cm³/mol. The van der Waals surface area contributed by atoms with Gasteiger partial charge < -0.3 is 4.90 Å². The van der Waals surface area contributed by atoms with Crippen LogP contribution in [0.4, 0.5) is 5.95 Å². The molecule has 1 fully saturated rings. The Kier molecular flexibility index (Phi) is 4.65. The fraction of sp³-hybridized carbons (Fsp3) is 0.429.